The van der Waals surface area contributed by atoms with E-state index in [-0.39, 0.29) is 21.7 Å². The molecule has 2 aliphatic rings. The summed E-state index contributed by atoms with van der Waals surface area (Å²) in [6, 6.07) is 0. The van der Waals surface area contributed by atoms with Crippen molar-refractivity contribution >= 4 is 0 Å². The Bertz CT molecular complexity index is 271. The summed E-state index contributed by atoms with van der Waals surface area (Å²) >= 11 is 0. The first-order valence-electron chi connectivity index (χ1n) is 4.96. The van der Waals surface area contributed by atoms with Gasteiger partial charge < -0.3 is 0 Å². The molecular weight excluding hydrogens is 192 g/mol. The Hall–Kier alpha value is 0.0643. The van der Waals surface area contributed by atoms with Crippen molar-refractivity contribution in [2.75, 3.05) is 0 Å². The van der Waals surface area contributed by atoms with Gasteiger partial charge in [0, 0.05) is 21.7 Å². The summed E-state index contributed by atoms with van der Waals surface area (Å²) in [4.78, 5) is 0. The molecular formula is C12H17Ti-. The van der Waals surface area contributed by atoms with Crippen molar-refractivity contribution in [2.24, 2.45) is 5.92 Å². The van der Waals surface area contributed by atoms with Crippen LogP contribution in [0.3, 0.4) is 0 Å². The molecule has 70 valence electrons. The Morgan fingerprint density at radius 1 is 1.31 bits per heavy atom. The van der Waals surface area contributed by atoms with Gasteiger partial charge in [0.2, 0.25) is 0 Å². The molecule has 13 heavy (non-hydrogen) atoms. The normalized spacial score (nSPS) is 26.8. The molecule has 0 radical (unpaired) electrons. The number of rotatable bonds is 0. The van der Waals surface area contributed by atoms with Crippen molar-refractivity contribution in [3.05, 3.63) is 28.7 Å². The van der Waals surface area contributed by atoms with Gasteiger partial charge in [-0.25, -0.2) is 0 Å². The molecule has 0 aromatic rings. The zero-order valence-corrected chi connectivity index (χ0v) is 10.3. The quantitative estimate of drug-likeness (QED) is 0.422. The number of hydrogen-bond acceptors (Lipinski definition) is 0. The van der Waals surface area contributed by atoms with E-state index in [9.17, 15) is 0 Å². The molecule has 0 aromatic heterocycles. The number of hydrogen-bond donors (Lipinski definition) is 0. The van der Waals surface area contributed by atoms with Gasteiger partial charge in [0.05, 0.1) is 0 Å². The average Bonchev–Trinajstić information content (AvgIpc) is 2.33. The Morgan fingerprint density at radius 2 is 2.00 bits per heavy atom. The molecule has 0 N–H and O–H groups in total. The maximum Gasteiger partial charge on any atom is 0 e. The summed E-state index contributed by atoms with van der Waals surface area (Å²) in [5.41, 5.74) is 6.44. The SMILES string of the molecule is CC1=C(C)C(C)C2=C1[CH-]CCC2.[Ti]. The van der Waals surface area contributed by atoms with Gasteiger partial charge in [-0.05, 0) is 0 Å². The van der Waals surface area contributed by atoms with E-state index in [1.807, 2.05) is 0 Å². The third-order valence-electron chi connectivity index (χ3n) is 3.51. The molecule has 0 nitrogen and oxygen atoms in total. The summed E-state index contributed by atoms with van der Waals surface area (Å²) < 4.78 is 0. The molecule has 2 aliphatic carbocycles. The smallest absolute Gasteiger partial charge is 0 e. The van der Waals surface area contributed by atoms with Crippen LogP contribution in [-0.2, 0) is 21.7 Å². The fourth-order valence-corrected chi connectivity index (χ4v) is 2.45. The first-order chi connectivity index (χ1) is 5.72. The van der Waals surface area contributed by atoms with E-state index in [4.69, 9.17) is 0 Å². The van der Waals surface area contributed by atoms with E-state index in [1.165, 1.54) is 19.3 Å². The van der Waals surface area contributed by atoms with Crippen molar-refractivity contribution < 1.29 is 21.7 Å². The fraction of sp³-hybridized carbons (Fsp3) is 0.583. The fourth-order valence-electron chi connectivity index (χ4n) is 2.45. The molecule has 0 spiro atoms. The molecule has 0 fully saturated rings. The summed E-state index contributed by atoms with van der Waals surface area (Å²) in [5.74, 6) is 0.733. The summed E-state index contributed by atoms with van der Waals surface area (Å²) in [7, 11) is 0. The average molecular weight is 209 g/mol. The van der Waals surface area contributed by atoms with E-state index in [0.717, 1.165) is 5.92 Å². The Kier molecular flexibility index (Phi) is 3.48. The van der Waals surface area contributed by atoms with Crippen LogP contribution < -0.4 is 0 Å². The van der Waals surface area contributed by atoms with Crippen LogP contribution in [0.2, 0.25) is 0 Å². The summed E-state index contributed by atoms with van der Waals surface area (Å²) in [6.07, 6.45) is 6.42. The van der Waals surface area contributed by atoms with Crippen molar-refractivity contribution in [3.63, 3.8) is 0 Å². The molecule has 0 amide bonds. The zero-order chi connectivity index (χ0) is 8.72. The van der Waals surface area contributed by atoms with Crippen LogP contribution in [-0.4, -0.2) is 0 Å². The van der Waals surface area contributed by atoms with Gasteiger partial charge in [-0.1, -0.05) is 46.0 Å². The third-order valence-corrected chi connectivity index (χ3v) is 3.51. The van der Waals surface area contributed by atoms with Gasteiger partial charge in [-0.3, -0.25) is 0 Å². The maximum absolute atomic E-state index is 2.43. The zero-order valence-electron chi connectivity index (χ0n) is 8.78. The minimum Gasteiger partial charge on any atom is -0.189 e. The first-order valence-corrected chi connectivity index (χ1v) is 4.96. The summed E-state index contributed by atoms with van der Waals surface area (Å²) in [5, 5.41) is 0. The van der Waals surface area contributed by atoms with Gasteiger partial charge in [-0.15, -0.1) is 5.57 Å². The second kappa shape index (κ2) is 4.06. The van der Waals surface area contributed by atoms with Crippen LogP contribution in [0.15, 0.2) is 22.3 Å². The Morgan fingerprint density at radius 3 is 2.62 bits per heavy atom. The van der Waals surface area contributed by atoms with Crippen LogP contribution in [0.5, 0.6) is 0 Å². The molecule has 0 aliphatic heterocycles. The molecule has 1 atom stereocenters. The predicted molar refractivity (Wildman–Crippen MR) is 52.7 cm³/mol. The van der Waals surface area contributed by atoms with E-state index in [0.29, 0.717) is 0 Å². The Balaban J connectivity index is 0.000000845. The van der Waals surface area contributed by atoms with E-state index in [1.54, 1.807) is 22.3 Å². The first kappa shape index (κ1) is 11.1. The summed E-state index contributed by atoms with van der Waals surface area (Å²) in [6.45, 7) is 6.91. The van der Waals surface area contributed by atoms with Gasteiger partial charge in [0.15, 0.2) is 0 Å². The van der Waals surface area contributed by atoms with Gasteiger partial charge in [0.1, 0.15) is 0 Å². The van der Waals surface area contributed by atoms with Gasteiger partial charge in [-0.2, -0.15) is 23.1 Å². The minimum absolute atomic E-state index is 0. The molecule has 0 saturated heterocycles. The van der Waals surface area contributed by atoms with Crippen LogP contribution in [0.4, 0.5) is 0 Å². The van der Waals surface area contributed by atoms with Crippen molar-refractivity contribution in [2.45, 2.75) is 40.0 Å². The van der Waals surface area contributed by atoms with Crippen molar-refractivity contribution in [1.82, 2.24) is 0 Å². The molecule has 0 saturated carbocycles. The third kappa shape index (κ3) is 1.67. The van der Waals surface area contributed by atoms with E-state index in [2.05, 4.69) is 27.2 Å². The predicted octanol–water partition coefficient (Wildman–Crippen LogP) is 3.65. The van der Waals surface area contributed by atoms with Crippen molar-refractivity contribution in [3.8, 4) is 0 Å². The molecule has 0 aromatic carbocycles. The van der Waals surface area contributed by atoms with E-state index < -0.39 is 0 Å². The second-order valence-electron chi connectivity index (χ2n) is 4.06. The van der Waals surface area contributed by atoms with Crippen LogP contribution in [0, 0.1) is 12.3 Å². The Labute approximate surface area is 96.4 Å². The minimum atomic E-state index is 0. The van der Waals surface area contributed by atoms with Crippen LogP contribution >= 0.6 is 0 Å². The molecule has 2 rings (SSSR count). The topological polar surface area (TPSA) is 0 Å². The molecule has 1 heteroatoms. The van der Waals surface area contributed by atoms with E-state index >= 15 is 0 Å². The second-order valence-corrected chi connectivity index (χ2v) is 4.06. The monoisotopic (exact) mass is 209 g/mol. The largest absolute Gasteiger partial charge is 0.189 e. The van der Waals surface area contributed by atoms with Gasteiger partial charge >= 0.3 is 0 Å². The molecule has 1 unspecified atom stereocenters. The molecule has 0 bridgehead atoms. The van der Waals surface area contributed by atoms with Crippen molar-refractivity contribution in [1.29, 1.82) is 0 Å². The number of allylic oxidation sites excluding steroid dienone is 4. The molecule has 0 heterocycles. The van der Waals surface area contributed by atoms with Gasteiger partial charge in [0.25, 0.3) is 0 Å². The van der Waals surface area contributed by atoms with Crippen LogP contribution in [0.25, 0.3) is 0 Å². The van der Waals surface area contributed by atoms with Crippen LogP contribution in [0.1, 0.15) is 40.0 Å². The standard InChI is InChI=1S/C12H17.Ti/c1-8-9(2)11-6-4-5-7-12(11)10(8)3;/h6,10H,4-5,7H2,1-3H3;/q-1;. The maximum atomic E-state index is 2.43.